The van der Waals surface area contributed by atoms with Crippen molar-refractivity contribution in [2.24, 2.45) is 0 Å². The van der Waals surface area contributed by atoms with Crippen LogP contribution in [0.1, 0.15) is 0 Å². The molecule has 0 aliphatic carbocycles. The Morgan fingerprint density at radius 2 is 1.50 bits per heavy atom. The number of hydrogen-bond acceptors (Lipinski definition) is 1. The van der Waals surface area contributed by atoms with Gasteiger partial charge in [-0.3, -0.25) is 14.2 Å². The Hall–Kier alpha value is -0.150. The Morgan fingerprint density at radius 1 is 1.25 bits per heavy atom. The Bertz CT molecular complexity index is 80.5. The Labute approximate surface area is 58.5 Å². The standard InChI is InChI=1S/C3H7Cl2N3/c1-7(4)3(6)8(2)5/h6H,1-2H3. The first-order chi connectivity index (χ1) is 3.55. The monoisotopic (exact) mass is 155 g/mol. The topological polar surface area (TPSA) is 30.3 Å². The average molecular weight is 156 g/mol. The van der Waals surface area contributed by atoms with Crippen LogP contribution in [0.25, 0.3) is 0 Å². The Morgan fingerprint density at radius 3 is 1.50 bits per heavy atom. The van der Waals surface area contributed by atoms with Gasteiger partial charge in [-0.15, -0.1) is 0 Å². The summed E-state index contributed by atoms with van der Waals surface area (Å²) in [5, 5.41) is 6.99. The summed E-state index contributed by atoms with van der Waals surface area (Å²) in [7, 11) is 3.06. The van der Waals surface area contributed by atoms with Gasteiger partial charge in [0.15, 0.2) is 0 Å². The number of nitrogens with zero attached hydrogens (tertiary/aromatic N) is 2. The first-order valence-electron chi connectivity index (χ1n) is 1.93. The lowest BCUT2D eigenvalue weighted by Gasteiger charge is -2.14. The highest BCUT2D eigenvalue weighted by molar-refractivity contribution is 6.27. The van der Waals surface area contributed by atoms with Crippen molar-refractivity contribution in [1.82, 2.24) is 8.84 Å². The van der Waals surface area contributed by atoms with Gasteiger partial charge in [0.05, 0.1) is 0 Å². The number of halogens is 2. The molecule has 0 atom stereocenters. The molecule has 0 saturated heterocycles. The van der Waals surface area contributed by atoms with Gasteiger partial charge in [-0.2, -0.15) is 0 Å². The van der Waals surface area contributed by atoms with E-state index < -0.39 is 0 Å². The highest BCUT2D eigenvalue weighted by Crippen LogP contribution is 1.96. The van der Waals surface area contributed by atoms with Crippen molar-refractivity contribution in [2.45, 2.75) is 0 Å². The van der Waals surface area contributed by atoms with E-state index in [0.29, 0.717) is 0 Å². The van der Waals surface area contributed by atoms with Crippen molar-refractivity contribution < 1.29 is 0 Å². The lowest BCUT2D eigenvalue weighted by Crippen LogP contribution is -2.27. The minimum Gasteiger partial charge on any atom is -0.267 e. The van der Waals surface area contributed by atoms with Crippen molar-refractivity contribution in [2.75, 3.05) is 14.1 Å². The molecule has 0 bridgehead atoms. The quantitative estimate of drug-likeness (QED) is 0.323. The van der Waals surface area contributed by atoms with Gasteiger partial charge in [-0.1, -0.05) is 0 Å². The van der Waals surface area contributed by atoms with Gasteiger partial charge in [0.2, 0.25) is 5.96 Å². The van der Waals surface area contributed by atoms with Crippen LogP contribution in [0, 0.1) is 5.41 Å². The fraction of sp³-hybridized carbons (Fsp3) is 0.667. The minimum absolute atomic E-state index is 0.0494. The van der Waals surface area contributed by atoms with Crippen LogP contribution in [-0.4, -0.2) is 28.9 Å². The van der Waals surface area contributed by atoms with E-state index in [2.05, 4.69) is 0 Å². The fourth-order valence-corrected chi connectivity index (χ4v) is 0.455. The molecule has 0 amide bonds. The number of hydrogen-bond donors (Lipinski definition) is 1. The van der Waals surface area contributed by atoms with Gasteiger partial charge in [0.25, 0.3) is 0 Å². The highest BCUT2D eigenvalue weighted by atomic mass is 35.5. The van der Waals surface area contributed by atoms with E-state index in [4.69, 9.17) is 29.0 Å². The SMILES string of the molecule is CN(Cl)C(=N)N(C)Cl. The summed E-state index contributed by atoms with van der Waals surface area (Å²) >= 11 is 10.6. The molecule has 0 heterocycles. The third-order valence-corrected chi connectivity index (χ3v) is 0.904. The largest absolute Gasteiger partial charge is 0.267 e. The second kappa shape index (κ2) is 2.99. The zero-order chi connectivity index (χ0) is 6.73. The third kappa shape index (κ3) is 2.23. The molecule has 0 aromatic heterocycles. The molecule has 5 heteroatoms. The van der Waals surface area contributed by atoms with Gasteiger partial charge >= 0.3 is 0 Å². The highest BCUT2D eigenvalue weighted by Gasteiger charge is 2.02. The fourth-order valence-electron chi connectivity index (χ4n) is 0.190. The molecule has 0 radical (unpaired) electrons. The van der Waals surface area contributed by atoms with E-state index >= 15 is 0 Å². The molecule has 0 fully saturated rings. The summed E-state index contributed by atoms with van der Waals surface area (Å²) < 4.78 is 2.18. The van der Waals surface area contributed by atoms with Crippen molar-refractivity contribution in [1.29, 1.82) is 5.41 Å². The van der Waals surface area contributed by atoms with E-state index in [-0.39, 0.29) is 5.96 Å². The maximum Gasteiger partial charge on any atom is 0.222 e. The van der Waals surface area contributed by atoms with Crippen LogP contribution in [0.5, 0.6) is 0 Å². The zero-order valence-electron chi connectivity index (χ0n) is 4.65. The summed E-state index contributed by atoms with van der Waals surface area (Å²) in [4.78, 5) is 0. The minimum atomic E-state index is 0.0494. The second-order valence-corrected chi connectivity index (χ2v) is 2.29. The molecule has 0 unspecified atom stereocenters. The summed E-state index contributed by atoms with van der Waals surface area (Å²) in [6.45, 7) is 0. The van der Waals surface area contributed by atoms with Crippen molar-refractivity contribution >= 4 is 29.5 Å². The number of rotatable bonds is 0. The van der Waals surface area contributed by atoms with Crippen LogP contribution >= 0.6 is 23.6 Å². The van der Waals surface area contributed by atoms with Crippen LogP contribution in [0.4, 0.5) is 0 Å². The van der Waals surface area contributed by atoms with E-state index in [0.717, 1.165) is 8.84 Å². The van der Waals surface area contributed by atoms with Gasteiger partial charge < -0.3 is 0 Å². The smallest absolute Gasteiger partial charge is 0.222 e. The van der Waals surface area contributed by atoms with Crippen molar-refractivity contribution in [3.63, 3.8) is 0 Å². The second-order valence-electron chi connectivity index (χ2n) is 1.28. The lowest BCUT2D eigenvalue weighted by atomic mass is 10.9. The molecule has 0 aromatic carbocycles. The molecule has 0 aliphatic heterocycles. The molecular formula is C3H7Cl2N3. The predicted octanol–water partition coefficient (Wildman–Crippen LogP) is 1.09. The lowest BCUT2D eigenvalue weighted by molar-refractivity contribution is 0.657. The summed E-state index contributed by atoms with van der Waals surface area (Å²) in [6, 6.07) is 0. The molecule has 0 spiro atoms. The molecule has 8 heavy (non-hydrogen) atoms. The molecule has 1 N–H and O–H groups in total. The summed E-state index contributed by atoms with van der Waals surface area (Å²) in [5.41, 5.74) is 0. The van der Waals surface area contributed by atoms with Crippen LogP contribution in [0.15, 0.2) is 0 Å². The van der Waals surface area contributed by atoms with E-state index in [1.807, 2.05) is 0 Å². The molecule has 3 nitrogen and oxygen atoms in total. The Kier molecular flexibility index (Phi) is 2.94. The van der Waals surface area contributed by atoms with Crippen LogP contribution in [0.2, 0.25) is 0 Å². The van der Waals surface area contributed by atoms with Crippen molar-refractivity contribution in [3.05, 3.63) is 0 Å². The van der Waals surface area contributed by atoms with E-state index in [1.54, 1.807) is 0 Å². The predicted molar refractivity (Wildman–Crippen MR) is 35.0 cm³/mol. The zero-order valence-corrected chi connectivity index (χ0v) is 6.16. The van der Waals surface area contributed by atoms with Crippen LogP contribution in [0.3, 0.4) is 0 Å². The molecule has 0 saturated carbocycles. The molecular weight excluding hydrogens is 149 g/mol. The van der Waals surface area contributed by atoms with E-state index in [1.165, 1.54) is 14.1 Å². The maximum atomic E-state index is 6.99. The number of nitrogens with one attached hydrogen (secondary N) is 1. The third-order valence-electron chi connectivity index (χ3n) is 0.584. The first kappa shape index (κ1) is 7.85. The normalized spacial score (nSPS) is 8.50. The Balaban J connectivity index is 3.65. The van der Waals surface area contributed by atoms with Crippen molar-refractivity contribution in [3.8, 4) is 0 Å². The van der Waals surface area contributed by atoms with Gasteiger partial charge in [-0.25, -0.2) is 0 Å². The van der Waals surface area contributed by atoms with Gasteiger partial charge in [0, 0.05) is 37.6 Å². The van der Waals surface area contributed by atoms with Gasteiger partial charge in [-0.05, 0) is 0 Å². The van der Waals surface area contributed by atoms with Crippen LogP contribution in [-0.2, 0) is 0 Å². The molecule has 0 rings (SSSR count). The molecule has 48 valence electrons. The van der Waals surface area contributed by atoms with Gasteiger partial charge in [0.1, 0.15) is 0 Å². The first-order valence-corrected chi connectivity index (χ1v) is 2.61. The maximum absolute atomic E-state index is 6.99. The van der Waals surface area contributed by atoms with Crippen LogP contribution < -0.4 is 0 Å². The molecule has 0 aliphatic rings. The summed E-state index contributed by atoms with van der Waals surface area (Å²) in [5.74, 6) is 0.0494. The average Bonchev–Trinajstić information content (AvgIpc) is 1.64. The number of guanidine groups is 1. The van der Waals surface area contributed by atoms with E-state index in [9.17, 15) is 0 Å². The molecule has 0 aromatic rings. The summed E-state index contributed by atoms with van der Waals surface area (Å²) in [6.07, 6.45) is 0.